The first-order valence-electron chi connectivity index (χ1n) is 2.06. The number of hydrogen-bond acceptors (Lipinski definition) is 0. The molecule has 0 spiro atoms. The van der Waals surface area contributed by atoms with Gasteiger partial charge in [0.15, 0.2) is 0 Å². The number of hydrogen-bond donors (Lipinski definition) is 0. The molecule has 0 aliphatic rings. The summed E-state index contributed by atoms with van der Waals surface area (Å²) in [5, 5.41) is 0. The highest BCUT2D eigenvalue weighted by Crippen LogP contribution is 2.06. The first kappa shape index (κ1) is 6.15. The van der Waals surface area contributed by atoms with E-state index in [2.05, 4.69) is 20.1 Å². The third kappa shape index (κ3) is 1.93. The minimum atomic E-state index is 0.287. The minimum Gasteiger partial charge on any atom is -0.699 e. The zero-order valence-corrected chi connectivity index (χ0v) is 4.33. The molecule has 1 nitrogen and oxygen atoms in total. The predicted molar refractivity (Wildman–Crippen MR) is 32.6 cm³/mol. The molecule has 0 fully saturated rings. The van der Waals surface area contributed by atoms with E-state index in [4.69, 9.17) is 5.73 Å². The summed E-state index contributed by atoms with van der Waals surface area (Å²) in [5.74, 6) is 0. The summed E-state index contributed by atoms with van der Waals surface area (Å²) in [5.41, 5.74) is 7.85. The monoisotopic (exact) mass is 95.1 g/mol. The Bertz CT molecular complexity index is 92.4. The largest absolute Gasteiger partial charge is 0.699 e. The van der Waals surface area contributed by atoms with Gasteiger partial charge in [-0.05, 0) is 5.57 Å². The molecule has 0 unspecified atom stereocenters. The first-order valence-corrected chi connectivity index (χ1v) is 2.06. The van der Waals surface area contributed by atoms with Crippen LogP contribution in [0.3, 0.4) is 0 Å². The molecular weight excluding hydrogens is 86.1 g/mol. The molecule has 0 atom stereocenters. The highest BCUT2D eigenvalue weighted by atomic mass is 14.6. The topological polar surface area (TPSA) is 23.8 Å². The van der Waals surface area contributed by atoms with Crippen molar-refractivity contribution in [2.45, 2.75) is 6.42 Å². The molecule has 0 saturated carbocycles. The zero-order chi connectivity index (χ0) is 5.86. The molecule has 38 valence electrons. The van der Waals surface area contributed by atoms with Crippen LogP contribution in [0.5, 0.6) is 0 Å². The Morgan fingerprint density at radius 3 is 2.00 bits per heavy atom. The van der Waals surface area contributed by atoms with Crippen molar-refractivity contribution in [1.82, 2.24) is 0 Å². The molecule has 0 heterocycles. The fourth-order valence-electron chi connectivity index (χ4n) is 0.151. The van der Waals surface area contributed by atoms with Crippen molar-refractivity contribution < 1.29 is 0 Å². The molecule has 7 heavy (non-hydrogen) atoms. The molecule has 1 heteroatoms. The van der Waals surface area contributed by atoms with Crippen LogP contribution in [0.4, 0.5) is 0 Å². The maximum atomic E-state index is 6.85. The highest BCUT2D eigenvalue weighted by Gasteiger charge is 1.84. The summed E-state index contributed by atoms with van der Waals surface area (Å²) in [6.45, 7) is 10.4. The van der Waals surface area contributed by atoms with Crippen molar-refractivity contribution >= 4 is 0 Å². The molecule has 0 aliphatic heterocycles. The Labute approximate surface area is 44.5 Å². The van der Waals surface area contributed by atoms with Gasteiger partial charge in [-0.3, -0.25) is 0 Å². The summed E-state index contributed by atoms with van der Waals surface area (Å²) >= 11 is 0. The quantitative estimate of drug-likeness (QED) is 0.371. The van der Waals surface area contributed by atoms with Crippen LogP contribution in [0.2, 0.25) is 0 Å². The van der Waals surface area contributed by atoms with E-state index in [1.807, 2.05) is 0 Å². The Hall–Kier alpha value is -0.850. The molecule has 0 aromatic rings. The molecule has 0 saturated heterocycles. The lowest BCUT2D eigenvalue weighted by atomic mass is 10.2. The van der Waals surface area contributed by atoms with E-state index < -0.39 is 0 Å². The summed E-state index contributed by atoms with van der Waals surface area (Å²) in [7, 11) is 0. The van der Waals surface area contributed by atoms with Crippen molar-refractivity contribution in [3.8, 4) is 0 Å². The lowest BCUT2D eigenvalue weighted by molar-refractivity contribution is 1.27. The van der Waals surface area contributed by atoms with Gasteiger partial charge in [0.05, 0.1) is 6.92 Å². The third-order valence-corrected chi connectivity index (χ3v) is 0.729. The van der Waals surface area contributed by atoms with E-state index in [0.29, 0.717) is 12.0 Å². The van der Waals surface area contributed by atoms with E-state index in [0.717, 1.165) is 0 Å². The van der Waals surface area contributed by atoms with Gasteiger partial charge in [-0.2, -0.15) is 0 Å². The average molecular weight is 95.1 g/mol. The normalized spacial score (nSPS) is 8.00. The molecule has 0 radical (unpaired) electrons. The van der Waals surface area contributed by atoms with Crippen LogP contribution in [0.25, 0.3) is 5.73 Å². The summed E-state index contributed by atoms with van der Waals surface area (Å²) in [6, 6.07) is 0. The highest BCUT2D eigenvalue weighted by molar-refractivity contribution is 5.28. The van der Waals surface area contributed by atoms with E-state index >= 15 is 0 Å². The van der Waals surface area contributed by atoms with Gasteiger partial charge in [0, 0.05) is 0 Å². The molecule has 0 rings (SSSR count). The smallest absolute Gasteiger partial charge is 0.108 e. The first-order chi connectivity index (χ1) is 3.18. The molecule has 0 aromatic heterocycles. The average Bonchev–Trinajstić information content (AvgIpc) is 1.65. The second kappa shape index (κ2) is 2.35. The molecule has 0 amide bonds. The second-order valence-corrected chi connectivity index (χ2v) is 1.33. The van der Waals surface area contributed by atoms with Crippen molar-refractivity contribution in [2.24, 2.45) is 0 Å². The maximum Gasteiger partial charge on any atom is 0.108 e. The number of rotatable bonds is 2. The maximum absolute atomic E-state index is 6.85. The van der Waals surface area contributed by atoms with Crippen molar-refractivity contribution in [3.05, 3.63) is 37.1 Å². The Morgan fingerprint density at radius 2 is 2.00 bits per heavy atom. The van der Waals surface area contributed by atoms with Gasteiger partial charge in [0.25, 0.3) is 0 Å². The summed E-state index contributed by atoms with van der Waals surface area (Å²) in [4.78, 5) is 0. The van der Waals surface area contributed by atoms with Gasteiger partial charge in [0.1, 0.15) is 6.42 Å². The molecule has 1 N–H and O–H groups in total. The Morgan fingerprint density at radius 1 is 1.57 bits per heavy atom. The van der Waals surface area contributed by atoms with E-state index in [-0.39, 0.29) is 5.70 Å². The van der Waals surface area contributed by atoms with Crippen molar-refractivity contribution in [3.63, 3.8) is 0 Å². The van der Waals surface area contributed by atoms with Gasteiger partial charge >= 0.3 is 0 Å². The lowest BCUT2D eigenvalue weighted by Crippen LogP contribution is -1.74. The van der Waals surface area contributed by atoms with E-state index in [1.54, 1.807) is 0 Å². The standard InChI is InChI=1S/C6H9N/c1-4-5(2)6(3)7/h7H,1-4H2. The van der Waals surface area contributed by atoms with Crippen LogP contribution in [-0.4, -0.2) is 0 Å². The third-order valence-electron chi connectivity index (χ3n) is 0.729. The number of nitrogens with one attached hydrogen (secondary N) is 1. The SMILES string of the molecule is C=C([NH-])C(=C)C[CH2+]. The van der Waals surface area contributed by atoms with Gasteiger partial charge in [0.2, 0.25) is 0 Å². The van der Waals surface area contributed by atoms with Crippen LogP contribution in [0.15, 0.2) is 24.4 Å². The number of allylic oxidation sites excluding steroid dienone is 1. The Kier molecular flexibility index (Phi) is 2.06. The van der Waals surface area contributed by atoms with Crippen LogP contribution in [0, 0.1) is 6.92 Å². The second-order valence-electron chi connectivity index (χ2n) is 1.33. The summed E-state index contributed by atoms with van der Waals surface area (Å²) < 4.78 is 0. The van der Waals surface area contributed by atoms with E-state index in [9.17, 15) is 0 Å². The van der Waals surface area contributed by atoms with Crippen molar-refractivity contribution in [2.75, 3.05) is 0 Å². The van der Waals surface area contributed by atoms with Crippen LogP contribution in [-0.2, 0) is 0 Å². The minimum absolute atomic E-state index is 0.287. The van der Waals surface area contributed by atoms with Crippen LogP contribution < -0.4 is 0 Å². The van der Waals surface area contributed by atoms with Crippen molar-refractivity contribution in [1.29, 1.82) is 0 Å². The predicted octanol–water partition coefficient (Wildman–Crippen LogP) is 2.33. The molecule has 0 aromatic carbocycles. The zero-order valence-electron chi connectivity index (χ0n) is 4.33. The lowest BCUT2D eigenvalue weighted by Gasteiger charge is -2.03. The molecule has 0 bridgehead atoms. The van der Waals surface area contributed by atoms with Crippen LogP contribution in [0.1, 0.15) is 6.42 Å². The van der Waals surface area contributed by atoms with Gasteiger partial charge < -0.3 is 5.73 Å². The van der Waals surface area contributed by atoms with E-state index in [1.165, 1.54) is 0 Å². The van der Waals surface area contributed by atoms with Gasteiger partial charge in [-0.25, -0.2) is 0 Å². The fraction of sp³-hybridized carbons (Fsp3) is 0.167. The summed E-state index contributed by atoms with van der Waals surface area (Å²) in [6.07, 6.45) is 0.586. The van der Waals surface area contributed by atoms with Gasteiger partial charge in [-0.15, -0.1) is 12.3 Å². The molecule has 0 aliphatic carbocycles. The fourth-order valence-corrected chi connectivity index (χ4v) is 0.151. The molecular formula is C6H9N. The van der Waals surface area contributed by atoms with Gasteiger partial charge in [-0.1, -0.05) is 6.58 Å². The van der Waals surface area contributed by atoms with Crippen LogP contribution >= 0.6 is 0 Å². The Balaban J connectivity index is 3.58.